The lowest BCUT2D eigenvalue weighted by Gasteiger charge is -2.32. The van der Waals surface area contributed by atoms with Crippen molar-refractivity contribution in [3.8, 4) is 0 Å². The average Bonchev–Trinajstić information content (AvgIpc) is 2.80. The zero-order valence-electron chi connectivity index (χ0n) is 17.4. The highest BCUT2D eigenvalue weighted by Crippen LogP contribution is 2.29. The third kappa shape index (κ3) is 5.23. The van der Waals surface area contributed by atoms with Gasteiger partial charge in [-0.05, 0) is 61.4 Å². The third-order valence-electron chi connectivity index (χ3n) is 5.40. The van der Waals surface area contributed by atoms with Gasteiger partial charge in [-0.25, -0.2) is 22.8 Å². The van der Waals surface area contributed by atoms with E-state index in [1.54, 1.807) is 23.2 Å². The van der Waals surface area contributed by atoms with Crippen molar-refractivity contribution in [1.29, 1.82) is 0 Å². The number of carbonyl (C=O) groups excluding carboxylic acids is 1. The Balaban J connectivity index is 1.54. The van der Waals surface area contributed by atoms with E-state index in [-0.39, 0.29) is 33.4 Å². The molecule has 1 aliphatic heterocycles. The van der Waals surface area contributed by atoms with Crippen LogP contribution in [0.1, 0.15) is 34.8 Å². The number of hydrogen-bond acceptors (Lipinski definition) is 6. The van der Waals surface area contributed by atoms with E-state index in [1.807, 2.05) is 0 Å². The van der Waals surface area contributed by atoms with E-state index in [2.05, 4.69) is 14.7 Å². The molecule has 1 fully saturated rings. The fourth-order valence-corrected chi connectivity index (χ4v) is 5.05. The Bertz CT molecular complexity index is 1290. The summed E-state index contributed by atoms with van der Waals surface area (Å²) in [6, 6.07) is 10.6. The molecule has 4 rings (SSSR count). The number of carbonyl (C=O) groups is 1. The highest BCUT2D eigenvalue weighted by Gasteiger charge is 2.27. The van der Waals surface area contributed by atoms with Gasteiger partial charge in [0, 0.05) is 30.8 Å². The number of anilines is 2. The molecule has 11 heteroatoms. The van der Waals surface area contributed by atoms with Crippen LogP contribution in [0.3, 0.4) is 0 Å². The van der Waals surface area contributed by atoms with Crippen molar-refractivity contribution in [2.45, 2.75) is 23.7 Å². The standard InChI is InChI=1S/C22H21ClFN5O3S/c23-18-8-3-14(12-20(18)28-33(31,32)17-6-4-16(24)5-7-17)21(30)29-11-1-2-15(13-29)19-9-10-26-22(25)27-19/h3-10,12,15,28H,1-2,11,13H2,(H2,25,26,27). The number of sulfonamides is 1. The second-order valence-corrected chi connectivity index (χ2v) is 9.77. The van der Waals surface area contributed by atoms with Gasteiger partial charge in [0.1, 0.15) is 5.82 Å². The zero-order chi connectivity index (χ0) is 23.6. The minimum atomic E-state index is -4.02. The Kier molecular flexibility index (Phi) is 6.48. The molecule has 0 saturated carbocycles. The van der Waals surface area contributed by atoms with Crippen LogP contribution in [0.5, 0.6) is 0 Å². The molecule has 0 spiro atoms. The number of likely N-dealkylation sites (tertiary alicyclic amines) is 1. The van der Waals surface area contributed by atoms with Gasteiger partial charge in [-0.3, -0.25) is 9.52 Å². The lowest BCUT2D eigenvalue weighted by atomic mass is 9.94. The number of nitrogen functional groups attached to an aromatic ring is 1. The second-order valence-electron chi connectivity index (χ2n) is 7.68. The van der Waals surface area contributed by atoms with Gasteiger partial charge < -0.3 is 10.6 Å². The summed E-state index contributed by atoms with van der Waals surface area (Å²) in [5.74, 6) is -0.590. The maximum absolute atomic E-state index is 13.2. The highest BCUT2D eigenvalue weighted by molar-refractivity contribution is 7.92. The molecule has 172 valence electrons. The SMILES string of the molecule is Nc1nccc(C2CCCN(C(=O)c3ccc(Cl)c(NS(=O)(=O)c4ccc(F)cc4)c3)C2)n1. The van der Waals surface area contributed by atoms with Gasteiger partial charge in [0.25, 0.3) is 15.9 Å². The number of aromatic nitrogens is 2. The Morgan fingerprint density at radius 3 is 2.67 bits per heavy atom. The molecule has 1 unspecified atom stereocenters. The van der Waals surface area contributed by atoms with E-state index in [0.29, 0.717) is 18.7 Å². The van der Waals surface area contributed by atoms with Gasteiger partial charge in [-0.15, -0.1) is 0 Å². The summed E-state index contributed by atoms with van der Waals surface area (Å²) in [5.41, 5.74) is 6.82. The summed E-state index contributed by atoms with van der Waals surface area (Å²) in [5, 5.41) is 0.130. The Morgan fingerprint density at radius 1 is 1.18 bits per heavy atom. The molecule has 0 radical (unpaired) electrons. The first kappa shape index (κ1) is 22.9. The van der Waals surface area contributed by atoms with E-state index in [0.717, 1.165) is 42.8 Å². The number of amides is 1. The predicted molar refractivity (Wildman–Crippen MR) is 123 cm³/mol. The number of halogens is 2. The molecule has 2 aromatic carbocycles. The number of nitrogens with two attached hydrogens (primary N) is 1. The van der Waals surface area contributed by atoms with Gasteiger partial charge in [0.15, 0.2) is 0 Å². The number of piperidine rings is 1. The Labute approximate surface area is 195 Å². The normalized spacial score (nSPS) is 16.4. The number of nitrogens with one attached hydrogen (secondary N) is 1. The van der Waals surface area contributed by atoms with Gasteiger partial charge in [-0.2, -0.15) is 0 Å². The molecule has 8 nitrogen and oxygen atoms in total. The molecular formula is C22H21ClFN5O3S. The lowest BCUT2D eigenvalue weighted by Crippen LogP contribution is -2.39. The van der Waals surface area contributed by atoms with Crippen molar-refractivity contribution in [2.24, 2.45) is 0 Å². The first-order valence-electron chi connectivity index (χ1n) is 10.2. The number of hydrogen-bond donors (Lipinski definition) is 2. The van der Waals surface area contributed by atoms with Crippen molar-refractivity contribution in [3.05, 3.63) is 76.8 Å². The highest BCUT2D eigenvalue weighted by atomic mass is 35.5. The van der Waals surface area contributed by atoms with Crippen LogP contribution in [0.15, 0.2) is 59.6 Å². The minimum absolute atomic E-state index is 0.0248. The van der Waals surface area contributed by atoms with Crippen molar-refractivity contribution < 1.29 is 17.6 Å². The average molecular weight is 490 g/mol. The topological polar surface area (TPSA) is 118 Å². The van der Waals surface area contributed by atoms with Crippen molar-refractivity contribution >= 4 is 39.2 Å². The fourth-order valence-electron chi connectivity index (χ4n) is 3.76. The van der Waals surface area contributed by atoms with E-state index >= 15 is 0 Å². The van der Waals surface area contributed by atoms with E-state index in [1.165, 1.54) is 12.1 Å². The smallest absolute Gasteiger partial charge is 0.261 e. The quantitative estimate of drug-likeness (QED) is 0.564. The molecule has 1 aromatic heterocycles. The van der Waals surface area contributed by atoms with E-state index in [9.17, 15) is 17.6 Å². The molecule has 1 atom stereocenters. The number of nitrogens with zero attached hydrogens (tertiary/aromatic N) is 3. The minimum Gasteiger partial charge on any atom is -0.368 e. The number of rotatable bonds is 5. The Hall–Kier alpha value is -3.24. The summed E-state index contributed by atoms with van der Waals surface area (Å²) < 4.78 is 40.9. The third-order valence-corrected chi connectivity index (χ3v) is 7.12. The van der Waals surface area contributed by atoms with Crippen LogP contribution in [0.4, 0.5) is 16.0 Å². The molecule has 1 saturated heterocycles. The molecule has 1 aliphatic rings. The summed E-state index contributed by atoms with van der Waals surface area (Å²) in [4.78, 5) is 22.9. The van der Waals surface area contributed by atoms with Gasteiger partial charge >= 0.3 is 0 Å². The molecule has 2 heterocycles. The van der Waals surface area contributed by atoms with Crippen LogP contribution in [0, 0.1) is 5.82 Å². The molecule has 1 amide bonds. The molecular weight excluding hydrogens is 469 g/mol. The summed E-state index contributed by atoms with van der Waals surface area (Å²) >= 11 is 6.19. The Morgan fingerprint density at radius 2 is 1.94 bits per heavy atom. The zero-order valence-corrected chi connectivity index (χ0v) is 19.0. The first-order chi connectivity index (χ1) is 15.7. The predicted octanol–water partition coefficient (Wildman–Crippen LogP) is 3.67. The van der Waals surface area contributed by atoms with Crippen LogP contribution in [0.25, 0.3) is 0 Å². The lowest BCUT2D eigenvalue weighted by molar-refractivity contribution is 0.0706. The van der Waals surface area contributed by atoms with Crippen LogP contribution in [-0.4, -0.2) is 42.3 Å². The van der Waals surface area contributed by atoms with Crippen molar-refractivity contribution in [2.75, 3.05) is 23.5 Å². The van der Waals surface area contributed by atoms with Crippen molar-refractivity contribution in [1.82, 2.24) is 14.9 Å². The van der Waals surface area contributed by atoms with Crippen LogP contribution >= 0.6 is 11.6 Å². The fraction of sp³-hybridized carbons (Fsp3) is 0.227. The van der Waals surface area contributed by atoms with Crippen molar-refractivity contribution in [3.63, 3.8) is 0 Å². The maximum Gasteiger partial charge on any atom is 0.261 e. The molecule has 0 aliphatic carbocycles. The van der Waals surface area contributed by atoms with Gasteiger partial charge in [0.2, 0.25) is 5.95 Å². The first-order valence-corrected chi connectivity index (χ1v) is 12.0. The summed E-state index contributed by atoms with van der Waals surface area (Å²) in [6.07, 6.45) is 3.25. The number of benzene rings is 2. The second kappa shape index (κ2) is 9.32. The molecule has 3 N–H and O–H groups in total. The summed E-state index contributed by atoms with van der Waals surface area (Å²) in [7, 11) is -4.02. The molecule has 3 aromatic rings. The van der Waals surface area contributed by atoms with E-state index in [4.69, 9.17) is 17.3 Å². The van der Waals surface area contributed by atoms with E-state index < -0.39 is 15.8 Å². The van der Waals surface area contributed by atoms with Crippen LogP contribution in [-0.2, 0) is 10.0 Å². The monoisotopic (exact) mass is 489 g/mol. The molecule has 33 heavy (non-hydrogen) atoms. The summed E-state index contributed by atoms with van der Waals surface area (Å²) in [6.45, 7) is 1.02. The van der Waals surface area contributed by atoms with Crippen LogP contribution < -0.4 is 10.5 Å². The van der Waals surface area contributed by atoms with Gasteiger partial charge in [0.05, 0.1) is 21.3 Å². The maximum atomic E-state index is 13.2. The largest absolute Gasteiger partial charge is 0.368 e. The van der Waals surface area contributed by atoms with Crippen LogP contribution in [0.2, 0.25) is 5.02 Å². The molecule has 0 bridgehead atoms. The van der Waals surface area contributed by atoms with Gasteiger partial charge in [-0.1, -0.05) is 11.6 Å².